The van der Waals surface area contributed by atoms with Crippen LogP contribution in [0.15, 0.2) is 24.3 Å². The summed E-state index contributed by atoms with van der Waals surface area (Å²) < 4.78 is 0. The molecule has 104 valence electrons. The Morgan fingerprint density at radius 1 is 1.11 bits per heavy atom. The molecule has 0 heterocycles. The number of benzene rings is 1. The lowest BCUT2D eigenvalue weighted by molar-refractivity contribution is -0.129. The van der Waals surface area contributed by atoms with Crippen molar-refractivity contribution >= 4 is 12.0 Å². The summed E-state index contributed by atoms with van der Waals surface area (Å²) in [4.78, 5) is 14.1. The molecular weight excluding hydrogens is 234 g/mol. The molecule has 0 bridgehead atoms. The van der Waals surface area contributed by atoms with Gasteiger partial charge in [0.15, 0.2) is 0 Å². The first-order valence-electron chi connectivity index (χ1n) is 6.90. The molecule has 19 heavy (non-hydrogen) atoms. The zero-order chi connectivity index (χ0) is 14.6. The molecule has 0 spiro atoms. The molecule has 1 aromatic rings. The summed E-state index contributed by atoms with van der Waals surface area (Å²) in [5, 5.41) is 0. The first-order chi connectivity index (χ1) is 8.82. The topological polar surface area (TPSA) is 20.3 Å². The van der Waals surface area contributed by atoms with Gasteiger partial charge in [0.25, 0.3) is 0 Å². The van der Waals surface area contributed by atoms with Crippen molar-refractivity contribution in [2.75, 3.05) is 0 Å². The van der Waals surface area contributed by atoms with E-state index in [4.69, 9.17) is 0 Å². The van der Waals surface area contributed by atoms with Crippen molar-refractivity contribution in [3.05, 3.63) is 41.0 Å². The normalized spacial score (nSPS) is 11.6. The van der Waals surface area contributed by atoms with Gasteiger partial charge in [0.05, 0.1) is 0 Å². The highest BCUT2D eigenvalue weighted by Crippen LogP contribution is 2.13. The van der Waals surface area contributed by atoms with Crippen LogP contribution in [-0.4, -0.2) is 22.9 Å². The maximum absolute atomic E-state index is 12.2. The maximum Gasteiger partial charge on any atom is 0.247 e. The number of nitrogens with zero attached hydrogens (tertiary/aromatic N) is 1. The number of rotatable bonds is 4. The molecule has 0 atom stereocenters. The molecule has 0 aliphatic carbocycles. The Morgan fingerprint density at radius 2 is 1.68 bits per heavy atom. The van der Waals surface area contributed by atoms with Crippen molar-refractivity contribution in [3.63, 3.8) is 0 Å². The van der Waals surface area contributed by atoms with Crippen LogP contribution >= 0.6 is 0 Å². The van der Waals surface area contributed by atoms with E-state index in [1.54, 1.807) is 6.08 Å². The van der Waals surface area contributed by atoms with E-state index in [1.807, 2.05) is 38.7 Å². The predicted molar refractivity (Wildman–Crippen MR) is 82.1 cm³/mol. The van der Waals surface area contributed by atoms with Gasteiger partial charge in [0.2, 0.25) is 5.91 Å². The summed E-state index contributed by atoms with van der Waals surface area (Å²) in [6.07, 6.45) is 3.59. The zero-order valence-corrected chi connectivity index (χ0v) is 12.9. The fourth-order valence-corrected chi connectivity index (χ4v) is 2.37. The second-order valence-electron chi connectivity index (χ2n) is 5.63. The van der Waals surface area contributed by atoms with E-state index in [2.05, 4.69) is 32.0 Å². The molecule has 0 aromatic heterocycles. The summed E-state index contributed by atoms with van der Waals surface area (Å²) in [5.41, 5.74) is 3.54. The SMILES string of the molecule is Cc1ccc(C=CC(=O)N(C(C)C)C(C)C)c(C)c1. The minimum Gasteiger partial charge on any atom is -0.334 e. The average Bonchev–Trinajstić information content (AvgIpc) is 2.26. The number of carbonyl (C=O) groups is 1. The van der Waals surface area contributed by atoms with Crippen LogP contribution in [-0.2, 0) is 4.79 Å². The molecule has 1 rings (SSSR count). The lowest BCUT2D eigenvalue weighted by atomic mass is 10.1. The van der Waals surface area contributed by atoms with E-state index in [0.29, 0.717) is 0 Å². The van der Waals surface area contributed by atoms with Crippen LogP contribution in [0.3, 0.4) is 0 Å². The minimum absolute atomic E-state index is 0.0741. The van der Waals surface area contributed by atoms with Crippen LogP contribution < -0.4 is 0 Å². The zero-order valence-electron chi connectivity index (χ0n) is 12.9. The lowest BCUT2D eigenvalue weighted by Crippen LogP contribution is -2.41. The van der Waals surface area contributed by atoms with E-state index in [9.17, 15) is 4.79 Å². The molecule has 0 saturated heterocycles. The first kappa shape index (κ1) is 15.5. The Labute approximate surface area is 117 Å². The second kappa shape index (κ2) is 6.55. The van der Waals surface area contributed by atoms with Crippen molar-refractivity contribution in [2.45, 2.75) is 53.6 Å². The van der Waals surface area contributed by atoms with Gasteiger partial charge in [-0.15, -0.1) is 0 Å². The van der Waals surface area contributed by atoms with Crippen LogP contribution in [0.4, 0.5) is 0 Å². The molecule has 1 aromatic carbocycles. The van der Waals surface area contributed by atoms with Gasteiger partial charge in [0, 0.05) is 18.2 Å². The molecule has 0 N–H and O–H groups in total. The Morgan fingerprint density at radius 3 is 2.16 bits per heavy atom. The highest BCUT2D eigenvalue weighted by molar-refractivity contribution is 5.92. The summed E-state index contributed by atoms with van der Waals surface area (Å²) in [5.74, 6) is 0.0741. The predicted octanol–water partition coefficient (Wildman–Crippen LogP) is 3.96. The Balaban J connectivity index is 2.88. The van der Waals surface area contributed by atoms with Gasteiger partial charge in [-0.1, -0.05) is 23.8 Å². The molecule has 2 heteroatoms. The summed E-state index contributed by atoms with van der Waals surface area (Å²) in [6.45, 7) is 12.3. The van der Waals surface area contributed by atoms with Crippen molar-refractivity contribution in [2.24, 2.45) is 0 Å². The Bertz CT molecular complexity index is 464. The second-order valence-corrected chi connectivity index (χ2v) is 5.63. The van der Waals surface area contributed by atoms with E-state index in [-0.39, 0.29) is 18.0 Å². The number of hydrogen-bond donors (Lipinski definition) is 0. The van der Waals surface area contributed by atoms with Gasteiger partial charge in [-0.2, -0.15) is 0 Å². The van der Waals surface area contributed by atoms with Crippen molar-refractivity contribution < 1.29 is 4.79 Å². The number of carbonyl (C=O) groups excluding carboxylic acids is 1. The number of hydrogen-bond acceptors (Lipinski definition) is 1. The smallest absolute Gasteiger partial charge is 0.247 e. The molecule has 1 amide bonds. The quantitative estimate of drug-likeness (QED) is 0.749. The van der Waals surface area contributed by atoms with E-state index >= 15 is 0 Å². The Kier molecular flexibility index (Phi) is 5.34. The molecular formula is C17H25NO. The first-order valence-corrected chi connectivity index (χ1v) is 6.90. The molecule has 0 unspecified atom stereocenters. The van der Waals surface area contributed by atoms with E-state index in [0.717, 1.165) is 5.56 Å². The fraction of sp³-hybridized carbons (Fsp3) is 0.471. The fourth-order valence-electron chi connectivity index (χ4n) is 2.37. The van der Waals surface area contributed by atoms with Crippen LogP contribution in [0, 0.1) is 13.8 Å². The van der Waals surface area contributed by atoms with E-state index < -0.39 is 0 Å². The van der Waals surface area contributed by atoms with Crippen LogP contribution in [0.5, 0.6) is 0 Å². The average molecular weight is 259 g/mol. The van der Waals surface area contributed by atoms with Gasteiger partial charge in [-0.25, -0.2) is 0 Å². The highest BCUT2D eigenvalue weighted by Gasteiger charge is 2.17. The molecule has 0 fully saturated rings. The molecule has 0 aliphatic heterocycles. The highest BCUT2D eigenvalue weighted by atomic mass is 16.2. The number of amides is 1. The lowest BCUT2D eigenvalue weighted by Gasteiger charge is -2.29. The maximum atomic E-state index is 12.2. The van der Waals surface area contributed by atoms with Gasteiger partial charge < -0.3 is 4.90 Å². The van der Waals surface area contributed by atoms with Gasteiger partial charge in [-0.05, 0) is 58.7 Å². The largest absolute Gasteiger partial charge is 0.334 e. The molecule has 2 nitrogen and oxygen atoms in total. The monoisotopic (exact) mass is 259 g/mol. The third-order valence-corrected chi connectivity index (χ3v) is 3.20. The van der Waals surface area contributed by atoms with Crippen LogP contribution in [0.2, 0.25) is 0 Å². The van der Waals surface area contributed by atoms with E-state index in [1.165, 1.54) is 11.1 Å². The standard InChI is InChI=1S/C17H25NO/c1-12(2)18(13(3)4)17(19)10-9-16-8-7-14(5)11-15(16)6/h7-13H,1-6H3. The van der Waals surface area contributed by atoms with Crippen molar-refractivity contribution in [1.29, 1.82) is 0 Å². The third-order valence-electron chi connectivity index (χ3n) is 3.20. The van der Waals surface area contributed by atoms with Gasteiger partial charge in [-0.3, -0.25) is 4.79 Å². The summed E-state index contributed by atoms with van der Waals surface area (Å²) >= 11 is 0. The minimum atomic E-state index is 0.0741. The molecule has 0 radical (unpaired) electrons. The van der Waals surface area contributed by atoms with Gasteiger partial charge in [0.1, 0.15) is 0 Å². The van der Waals surface area contributed by atoms with Crippen molar-refractivity contribution in [1.82, 2.24) is 4.90 Å². The molecule has 0 saturated carbocycles. The Hall–Kier alpha value is -1.57. The van der Waals surface area contributed by atoms with Crippen molar-refractivity contribution in [3.8, 4) is 0 Å². The summed E-state index contributed by atoms with van der Waals surface area (Å²) in [6, 6.07) is 6.70. The van der Waals surface area contributed by atoms with Crippen LogP contribution in [0.1, 0.15) is 44.4 Å². The van der Waals surface area contributed by atoms with Gasteiger partial charge >= 0.3 is 0 Å². The third kappa shape index (κ3) is 4.23. The summed E-state index contributed by atoms with van der Waals surface area (Å²) in [7, 11) is 0. The molecule has 0 aliphatic rings. The van der Waals surface area contributed by atoms with Crippen LogP contribution in [0.25, 0.3) is 6.08 Å². The number of aryl methyl sites for hydroxylation is 2.